The summed E-state index contributed by atoms with van der Waals surface area (Å²) < 4.78 is 5.03. The molecule has 0 saturated heterocycles. The molecule has 122 valence electrons. The van der Waals surface area contributed by atoms with E-state index < -0.39 is 0 Å². The van der Waals surface area contributed by atoms with Gasteiger partial charge in [0.25, 0.3) is 5.91 Å². The van der Waals surface area contributed by atoms with Crippen molar-refractivity contribution in [2.45, 2.75) is 20.3 Å². The maximum Gasteiger partial charge on any atom is 0.256 e. The van der Waals surface area contributed by atoms with E-state index in [1.54, 1.807) is 25.4 Å². The van der Waals surface area contributed by atoms with Crippen molar-refractivity contribution in [2.24, 2.45) is 0 Å². The number of hydrogen-bond donors (Lipinski definition) is 1. The van der Waals surface area contributed by atoms with Crippen molar-refractivity contribution in [3.05, 3.63) is 59.4 Å². The number of pyridine rings is 2. The van der Waals surface area contributed by atoms with E-state index in [9.17, 15) is 4.79 Å². The van der Waals surface area contributed by atoms with Crippen LogP contribution in [0.3, 0.4) is 0 Å². The zero-order valence-electron chi connectivity index (χ0n) is 14.0. The first-order valence-corrected chi connectivity index (χ1v) is 7.83. The Balaban J connectivity index is 2.03. The number of para-hydroxylation sites is 1. The number of aromatic nitrogens is 2. The van der Waals surface area contributed by atoms with E-state index >= 15 is 0 Å². The van der Waals surface area contributed by atoms with Crippen molar-refractivity contribution in [1.29, 1.82) is 0 Å². The van der Waals surface area contributed by atoms with Gasteiger partial charge in [0.15, 0.2) is 0 Å². The van der Waals surface area contributed by atoms with Crippen LogP contribution in [0.2, 0.25) is 0 Å². The number of nitrogens with zero attached hydrogens (tertiary/aromatic N) is 2. The van der Waals surface area contributed by atoms with Crippen molar-refractivity contribution in [3.8, 4) is 5.88 Å². The summed E-state index contributed by atoms with van der Waals surface area (Å²) in [5.41, 5.74) is 3.97. The van der Waals surface area contributed by atoms with Crippen LogP contribution in [0.15, 0.2) is 42.6 Å². The molecule has 3 aromatic rings. The molecule has 5 heteroatoms. The van der Waals surface area contributed by atoms with Gasteiger partial charge in [-0.2, -0.15) is 0 Å². The Morgan fingerprint density at radius 2 is 2.00 bits per heavy atom. The molecular formula is C19H19N3O2. The van der Waals surface area contributed by atoms with E-state index in [2.05, 4.69) is 15.3 Å². The number of aryl methyl sites for hydroxylation is 1. The van der Waals surface area contributed by atoms with E-state index in [-0.39, 0.29) is 5.91 Å². The Bertz CT molecular complexity index is 889. The second kappa shape index (κ2) is 6.66. The Hall–Kier alpha value is -2.95. The van der Waals surface area contributed by atoms with Crippen LogP contribution in [0.4, 0.5) is 5.69 Å². The zero-order chi connectivity index (χ0) is 17.1. The number of carbonyl (C=O) groups excluding carboxylic acids is 1. The second-order valence-corrected chi connectivity index (χ2v) is 5.47. The number of ether oxygens (including phenoxy) is 1. The fraction of sp³-hybridized carbons (Fsp3) is 0.211. The summed E-state index contributed by atoms with van der Waals surface area (Å²) in [7, 11) is 1.55. The summed E-state index contributed by atoms with van der Waals surface area (Å²) in [6, 6.07) is 11.2. The fourth-order valence-electron chi connectivity index (χ4n) is 2.76. The highest BCUT2D eigenvalue weighted by molar-refractivity contribution is 6.13. The van der Waals surface area contributed by atoms with Crippen LogP contribution in [0.5, 0.6) is 5.88 Å². The molecule has 1 N–H and O–H groups in total. The molecule has 0 radical (unpaired) electrons. The van der Waals surface area contributed by atoms with Gasteiger partial charge in [0.05, 0.1) is 30.1 Å². The normalized spacial score (nSPS) is 10.6. The molecule has 0 spiro atoms. The van der Waals surface area contributed by atoms with E-state index in [0.29, 0.717) is 17.1 Å². The van der Waals surface area contributed by atoms with Crippen LogP contribution >= 0.6 is 0 Å². The minimum absolute atomic E-state index is 0.159. The van der Waals surface area contributed by atoms with Gasteiger partial charge in [-0.15, -0.1) is 0 Å². The summed E-state index contributed by atoms with van der Waals surface area (Å²) in [6.45, 7) is 3.98. The summed E-state index contributed by atoms with van der Waals surface area (Å²) >= 11 is 0. The van der Waals surface area contributed by atoms with Gasteiger partial charge in [-0.1, -0.05) is 25.1 Å². The first-order chi connectivity index (χ1) is 11.6. The van der Waals surface area contributed by atoms with Crippen LogP contribution in [-0.4, -0.2) is 23.0 Å². The Morgan fingerprint density at radius 3 is 2.67 bits per heavy atom. The van der Waals surface area contributed by atoms with Gasteiger partial charge in [0.1, 0.15) is 0 Å². The highest BCUT2D eigenvalue weighted by Crippen LogP contribution is 2.24. The van der Waals surface area contributed by atoms with Crippen molar-refractivity contribution < 1.29 is 9.53 Å². The summed E-state index contributed by atoms with van der Waals surface area (Å²) in [6.07, 6.45) is 2.36. The first-order valence-electron chi connectivity index (χ1n) is 7.83. The van der Waals surface area contributed by atoms with Gasteiger partial charge in [0, 0.05) is 17.1 Å². The van der Waals surface area contributed by atoms with Crippen molar-refractivity contribution in [3.63, 3.8) is 0 Å². The molecule has 0 fully saturated rings. The van der Waals surface area contributed by atoms with Crippen molar-refractivity contribution in [2.75, 3.05) is 12.4 Å². The number of fused-ring (bicyclic) bond motifs is 1. The largest absolute Gasteiger partial charge is 0.481 e. The van der Waals surface area contributed by atoms with Gasteiger partial charge in [-0.05, 0) is 31.0 Å². The van der Waals surface area contributed by atoms with Crippen LogP contribution < -0.4 is 10.1 Å². The van der Waals surface area contributed by atoms with Crippen molar-refractivity contribution in [1.82, 2.24) is 9.97 Å². The number of nitrogens with one attached hydrogen (secondary N) is 1. The number of benzene rings is 1. The molecule has 2 heterocycles. The maximum absolute atomic E-state index is 12.9. The molecule has 3 rings (SSSR count). The van der Waals surface area contributed by atoms with Gasteiger partial charge in [-0.3, -0.25) is 9.78 Å². The molecule has 0 bridgehead atoms. The molecule has 2 aromatic heterocycles. The molecule has 1 aromatic carbocycles. The maximum atomic E-state index is 12.9. The third-order valence-electron chi connectivity index (χ3n) is 4.00. The van der Waals surface area contributed by atoms with Crippen LogP contribution in [0.25, 0.3) is 10.9 Å². The predicted octanol–water partition coefficient (Wildman–Crippen LogP) is 3.76. The van der Waals surface area contributed by atoms with Gasteiger partial charge < -0.3 is 10.1 Å². The van der Waals surface area contributed by atoms with Gasteiger partial charge >= 0.3 is 0 Å². The van der Waals surface area contributed by atoms with E-state index in [1.165, 1.54) is 0 Å². The molecule has 0 aliphatic carbocycles. The van der Waals surface area contributed by atoms with Crippen LogP contribution in [0, 0.1) is 6.92 Å². The standard InChI is InChI=1S/C19H19N3O2/c1-4-15-12(2)18(14-7-5-6-8-16(14)22-15)19(23)21-13-9-10-17(24-3)20-11-13/h5-11H,4H2,1-3H3,(H,21,23). The first kappa shape index (κ1) is 15.9. The Labute approximate surface area is 140 Å². The molecule has 0 aliphatic heterocycles. The third-order valence-corrected chi connectivity index (χ3v) is 4.00. The third kappa shape index (κ3) is 2.93. The molecule has 5 nitrogen and oxygen atoms in total. The SMILES string of the molecule is CCc1nc2ccccc2c(C(=O)Nc2ccc(OC)nc2)c1C. The monoisotopic (exact) mass is 321 g/mol. The highest BCUT2D eigenvalue weighted by atomic mass is 16.5. The average molecular weight is 321 g/mol. The van der Waals surface area contributed by atoms with Gasteiger partial charge in [0.2, 0.25) is 5.88 Å². The van der Waals surface area contributed by atoms with Crippen molar-refractivity contribution >= 4 is 22.5 Å². The predicted molar refractivity (Wildman–Crippen MR) is 94.6 cm³/mol. The molecular weight excluding hydrogens is 302 g/mol. The second-order valence-electron chi connectivity index (χ2n) is 5.47. The van der Waals surface area contributed by atoms with E-state index in [0.717, 1.165) is 28.6 Å². The summed E-state index contributed by atoms with van der Waals surface area (Å²) in [5.74, 6) is 0.347. The Morgan fingerprint density at radius 1 is 1.21 bits per heavy atom. The highest BCUT2D eigenvalue weighted by Gasteiger charge is 2.17. The quantitative estimate of drug-likeness (QED) is 0.794. The molecule has 0 atom stereocenters. The average Bonchev–Trinajstić information content (AvgIpc) is 2.61. The topological polar surface area (TPSA) is 64.1 Å². The summed E-state index contributed by atoms with van der Waals surface area (Å²) in [5, 5.41) is 3.76. The lowest BCUT2D eigenvalue weighted by molar-refractivity contribution is 0.102. The van der Waals surface area contributed by atoms with E-state index in [1.807, 2.05) is 38.1 Å². The number of anilines is 1. The van der Waals surface area contributed by atoms with Crippen LogP contribution in [0.1, 0.15) is 28.5 Å². The molecule has 1 amide bonds. The minimum atomic E-state index is -0.159. The lowest BCUT2D eigenvalue weighted by Gasteiger charge is -2.14. The lowest BCUT2D eigenvalue weighted by Crippen LogP contribution is -2.16. The summed E-state index contributed by atoms with van der Waals surface area (Å²) in [4.78, 5) is 21.6. The van der Waals surface area contributed by atoms with Gasteiger partial charge in [-0.25, -0.2) is 4.98 Å². The van der Waals surface area contributed by atoms with E-state index in [4.69, 9.17) is 4.74 Å². The molecule has 0 unspecified atom stereocenters. The smallest absolute Gasteiger partial charge is 0.256 e. The molecule has 0 aliphatic rings. The minimum Gasteiger partial charge on any atom is -0.481 e. The Kier molecular flexibility index (Phi) is 4.42. The van der Waals surface area contributed by atoms with Crippen LogP contribution in [-0.2, 0) is 6.42 Å². The number of hydrogen-bond acceptors (Lipinski definition) is 4. The number of amides is 1. The zero-order valence-corrected chi connectivity index (χ0v) is 14.0. The lowest BCUT2D eigenvalue weighted by atomic mass is 9.99. The fourth-order valence-corrected chi connectivity index (χ4v) is 2.76. The molecule has 0 saturated carbocycles. The molecule has 24 heavy (non-hydrogen) atoms. The number of rotatable bonds is 4. The number of methoxy groups -OCH3 is 1. The number of carbonyl (C=O) groups is 1.